The highest BCUT2D eigenvalue weighted by Crippen LogP contribution is 2.04. The number of amides is 1. The first-order valence-corrected chi connectivity index (χ1v) is 5.63. The fraction of sp³-hybridized carbons (Fsp3) is 0.385. The maximum atomic E-state index is 11.6. The number of rotatable bonds is 6. The number of hydrogen-bond donors (Lipinski definition) is 1. The summed E-state index contributed by atoms with van der Waals surface area (Å²) in [6, 6.07) is 6.96. The molecule has 5 nitrogen and oxygen atoms in total. The van der Waals surface area contributed by atoms with Gasteiger partial charge < -0.3 is 14.8 Å². The van der Waals surface area contributed by atoms with Gasteiger partial charge in [0.15, 0.2) is 6.61 Å². The lowest BCUT2D eigenvalue weighted by Crippen LogP contribution is -2.31. The molecule has 98 valence electrons. The van der Waals surface area contributed by atoms with Crippen molar-refractivity contribution < 1.29 is 19.1 Å². The summed E-state index contributed by atoms with van der Waals surface area (Å²) in [5.74, 6) is -0.843. The van der Waals surface area contributed by atoms with Crippen molar-refractivity contribution in [2.75, 3.05) is 26.9 Å². The predicted molar refractivity (Wildman–Crippen MR) is 66.3 cm³/mol. The average molecular weight is 251 g/mol. The summed E-state index contributed by atoms with van der Waals surface area (Å²) in [7, 11) is 1.55. The van der Waals surface area contributed by atoms with E-state index in [1.54, 1.807) is 19.2 Å². The van der Waals surface area contributed by atoms with Gasteiger partial charge in [-0.05, 0) is 19.1 Å². The number of nitrogens with one attached hydrogen (secondary N) is 1. The monoisotopic (exact) mass is 251 g/mol. The molecule has 0 radical (unpaired) electrons. The van der Waals surface area contributed by atoms with Crippen LogP contribution in [0.5, 0.6) is 0 Å². The maximum absolute atomic E-state index is 11.6. The van der Waals surface area contributed by atoms with E-state index in [4.69, 9.17) is 9.47 Å². The Balaban J connectivity index is 2.32. The van der Waals surface area contributed by atoms with E-state index in [2.05, 4.69) is 5.32 Å². The van der Waals surface area contributed by atoms with E-state index in [-0.39, 0.29) is 12.5 Å². The van der Waals surface area contributed by atoms with E-state index >= 15 is 0 Å². The van der Waals surface area contributed by atoms with Gasteiger partial charge in [-0.1, -0.05) is 17.7 Å². The zero-order valence-corrected chi connectivity index (χ0v) is 10.6. The van der Waals surface area contributed by atoms with E-state index in [1.165, 1.54) is 0 Å². The molecule has 1 N–H and O–H groups in total. The molecule has 0 spiro atoms. The summed E-state index contributed by atoms with van der Waals surface area (Å²) in [5.41, 5.74) is 1.49. The van der Waals surface area contributed by atoms with Crippen molar-refractivity contribution >= 4 is 11.9 Å². The van der Waals surface area contributed by atoms with Crippen molar-refractivity contribution in [2.24, 2.45) is 0 Å². The Morgan fingerprint density at radius 3 is 2.50 bits per heavy atom. The molecule has 18 heavy (non-hydrogen) atoms. The van der Waals surface area contributed by atoms with Gasteiger partial charge >= 0.3 is 5.97 Å². The van der Waals surface area contributed by atoms with Gasteiger partial charge in [0, 0.05) is 13.7 Å². The van der Waals surface area contributed by atoms with Gasteiger partial charge in [-0.25, -0.2) is 4.79 Å². The second kappa shape index (κ2) is 7.45. The van der Waals surface area contributed by atoms with Gasteiger partial charge in [0.2, 0.25) is 0 Å². The molecule has 0 atom stereocenters. The number of aryl methyl sites for hydroxylation is 1. The number of ether oxygens (including phenoxy) is 2. The zero-order valence-electron chi connectivity index (χ0n) is 10.6. The first-order valence-electron chi connectivity index (χ1n) is 5.63. The van der Waals surface area contributed by atoms with Crippen molar-refractivity contribution in [3.8, 4) is 0 Å². The maximum Gasteiger partial charge on any atom is 0.338 e. The third kappa shape index (κ3) is 4.97. The van der Waals surface area contributed by atoms with Crippen LogP contribution in [0.4, 0.5) is 0 Å². The van der Waals surface area contributed by atoms with E-state index in [9.17, 15) is 9.59 Å². The lowest BCUT2D eigenvalue weighted by atomic mass is 10.1. The molecule has 5 heteroatoms. The van der Waals surface area contributed by atoms with Gasteiger partial charge in [-0.3, -0.25) is 4.79 Å². The molecule has 0 aromatic heterocycles. The highest BCUT2D eigenvalue weighted by Gasteiger charge is 2.09. The molecule has 0 aliphatic carbocycles. The predicted octanol–water partition coefficient (Wildman–Crippen LogP) is 0.914. The largest absolute Gasteiger partial charge is 0.452 e. The van der Waals surface area contributed by atoms with Gasteiger partial charge in [-0.15, -0.1) is 0 Å². The standard InChI is InChI=1S/C13H17NO4/c1-10-3-5-11(6-4-10)13(16)18-9-12(15)14-7-8-17-2/h3-6H,7-9H2,1-2H3,(H,14,15). The van der Waals surface area contributed by atoms with Gasteiger partial charge in [0.25, 0.3) is 5.91 Å². The van der Waals surface area contributed by atoms with Crippen LogP contribution in [0.15, 0.2) is 24.3 Å². The first kappa shape index (κ1) is 14.2. The highest BCUT2D eigenvalue weighted by molar-refractivity contribution is 5.91. The van der Waals surface area contributed by atoms with Crippen molar-refractivity contribution in [1.82, 2.24) is 5.32 Å². The molecule has 1 amide bonds. The van der Waals surface area contributed by atoms with Crippen LogP contribution in [-0.4, -0.2) is 38.7 Å². The summed E-state index contributed by atoms with van der Waals surface area (Å²) in [4.78, 5) is 22.8. The average Bonchev–Trinajstić information content (AvgIpc) is 2.37. The number of carbonyl (C=O) groups is 2. The molecule has 0 bridgehead atoms. The summed E-state index contributed by atoms with van der Waals surface area (Å²) in [5, 5.41) is 2.56. The molecule has 0 saturated carbocycles. The highest BCUT2D eigenvalue weighted by atomic mass is 16.5. The third-order valence-electron chi connectivity index (χ3n) is 2.25. The Kier molecular flexibility index (Phi) is 5.87. The molecule has 0 aliphatic rings. The lowest BCUT2D eigenvalue weighted by molar-refractivity contribution is -0.124. The van der Waals surface area contributed by atoms with Gasteiger partial charge in [-0.2, -0.15) is 0 Å². The first-order chi connectivity index (χ1) is 8.63. The Bertz CT molecular complexity index is 400. The van der Waals surface area contributed by atoms with Crippen LogP contribution in [0.1, 0.15) is 15.9 Å². The Morgan fingerprint density at radius 1 is 1.22 bits per heavy atom. The summed E-state index contributed by atoms with van der Waals surface area (Å²) in [6.45, 7) is 2.48. The van der Waals surface area contributed by atoms with Crippen LogP contribution in [-0.2, 0) is 14.3 Å². The SMILES string of the molecule is COCCNC(=O)COC(=O)c1ccc(C)cc1. The number of methoxy groups -OCH3 is 1. The Hall–Kier alpha value is -1.88. The van der Waals surface area contributed by atoms with Crippen molar-refractivity contribution in [3.63, 3.8) is 0 Å². The molecule has 1 rings (SSSR count). The van der Waals surface area contributed by atoms with Crippen molar-refractivity contribution in [3.05, 3.63) is 35.4 Å². The number of hydrogen-bond acceptors (Lipinski definition) is 4. The Labute approximate surface area is 106 Å². The molecule has 0 heterocycles. The van der Waals surface area contributed by atoms with Crippen LogP contribution in [0.25, 0.3) is 0 Å². The van der Waals surface area contributed by atoms with Crippen LogP contribution >= 0.6 is 0 Å². The molecular formula is C13H17NO4. The normalized spacial score (nSPS) is 9.89. The quantitative estimate of drug-likeness (QED) is 0.603. The second-order valence-electron chi connectivity index (χ2n) is 3.78. The minimum atomic E-state index is -0.503. The smallest absolute Gasteiger partial charge is 0.338 e. The second-order valence-corrected chi connectivity index (χ2v) is 3.78. The fourth-order valence-corrected chi connectivity index (χ4v) is 1.25. The fourth-order valence-electron chi connectivity index (χ4n) is 1.25. The Morgan fingerprint density at radius 2 is 1.89 bits per heavy atom. The van der Waals surface area contributed by atoms with Crippen molar-refractivity contribution in [1.29, 1.82) is 0 Å². The van der Waals surface area contributed by atoms with E-state index in [1.807, 2.05) is 19.1 Å². The zero-order chi connectivity index (χ0) is 13.4. The summed E-state index contributed by atoms with van der Waals surface area (Å²) >= 11 is 0. The number of carbonyl (C=O) groups excluding carboxylic acids is 2. The molecule has 1 aromatic rings. The molecular weight excluding hydrogens is 234 g/mol. The number of benzene rings is 1. The topological polar surface area (TPSA) is 64.6 Å². The summed E-state index contributed by atoms with van der Waals surface area (Å²) < 4.78 is 9.64. The minimum Gasteiger partial charge on any atom is -0.452 e. The van der Waals surface area contributed by atoms with Crippen LogP contribution in [0.3, 0.4) is 0 Å². The minimum absolute atomic E-state index is 0.281. The van der Waals surface area contributed by atoms with Crippen LogP contribution < -0.4 is 5.32 Å². The third-order valence-corrected chi connectivity index (χ3v) is 2.25. The van der Waals surface area contributed by atoms with E-state index < -0.39 is 5.97 Å². The van der Waals surface area contributed by atoms with Crippen LogP contribution in [0.2, 0.25) is 0 Å². The molecule has 1 aromatic carbocycles. The molecule has 0 fully saturated rings. The number of esters is 1. The molecule has 0 aliphatic heterocycles. The van der Waals surface area contributed by atoms with Gasteiger partial charge in [0.1, 0.15) is 0 Å². The summed E-state index contributed by atoms with van der Waals surface area (Å²) in [6.07, 6.45) is 0. The van der Waals surface area contributed by atoms with Crippen LogP contribution in [0, 0.1) is 6.92 Å². The van der Waals surface area contributed by atoms with Crippen molar-refractivity contribution in [2.45, 2.75) is 6.92 Å². The lowest BCUT2D eigenvalue weighted by Gasteiger charge is -2.06. The molecule has 0 unspecified atom stereocenters. The van der Waals surface area contributed by atoms with E-state index in [0.29, 0.717) is 18.7 Å². The molecule has 0 saturated heterocycles. The van der Waals surface area contributed by atoms with Gasteiger partial charge in [0.05, 0.1) is 12.2 Å². The van der Waals surface area contributed by atoms with E-state index in [0.717, 1.165) is 5.56 Å².